The van der Waals surface area contributed by atoms with Gasteiger partial charge in [0, 0.05) is 22.2 Å². The third kappa shape index (κ3) is 1.58. The van der Waals surface area contributed by atoms with Crippen molar-refractivity contribution in [3.05, 3.63) is 41.0 Å². The molecule has 3 rings (SSSR count). The van der Waals surface area contributed by atoms with Crippen LogP contribution in [-0.4, -0.2) is 10.1 Å². The molecule has 82 valence electrons. The first-order valence-corrected chi connectivity index (χ1v) is 5.86. The topological polar surface area (TPSA) is 33.1 Å². The van der Waals surface area contributed by atoms with Crippen LogP contribution in [0.4, 0.5) is 0 Å². The first-order valence-electron chi connectivity index (χ1n) is 5.48. The molecule has 0 radical (unpaired) electrons. The van der Waals surface area contributed by atoms with Crippen molar-refractivity contribution in [3.8, 4) is 0 Å². The first kappa shape index (κ1) is 10.1. The number of benzene rings is 1. The minimum absolute atomic E-state index is 0.394. The second-order valence-corrected chi connectivity index (χ2v) is 4.73. The zero-order valence-corrected chi connectivity index (χ0v) is 9.48. The van der Waals surface area contributed by atoms with Gasteiger partial charge in [0.25, 0.3) is 0 Å². The highest BCUT2D eigenvalue weighted by atomic mass is 35.5. The average molecular weight is 234 g/mol. The van der Waals surface area contributed by atoms with Crippen LogP contribution in [0, 0.1) is 5.92 Å². The number of aliphatic hydroxyl groups is 1. The molecule has 1 aliphatic rings. The molecular weight excluding hydrogens is 222 g/mol. The van der Waals surface area contributed by atoms with E-state index in [2.05, 4.69) is 4.98 Å². The fourth-order valence-electron chi connectivity index (χ4n) is 2.06. The van der Waals surface area contributed by atoms with Crippen molar-refractivity contribution >= 4 is 22.5 Å². The fourth-order valence-corrected chi connectivity index (χ4v) is 2.28. The van der Waals surface area contributed by atoms with Crippen LogP contribution in [0.3, 0.4) is 0 Å². The molecule has 0 amide bonds. The molecule has 1 atom stereocenters. The number of nitrogens with zero attached hydrogens (tertiary/aromatic N) is 1. The van der Waals surface area contributed by atoms with E-state index in [0.717, 1.165) is 29.3 Å². The van der Waals surface area contributed by atoms with Gasteiger partial charge < -0.3 is 5.11 Å². The summed E-state index contributed by atoms with van der Waals surface area (Å²) < 4.78 is 0. The lowest BCUT2D eigenvalue weighted by atomic mass is 10.0. The standard InChI is InChI=1S/C13H12ClNO/c14-11-6-5-10(13(16)8-3-4-8)12-9(11)2-1-7-15-12/h1-2,5-8,13,16H,3-4H2. The number of halogens is 1. The van der Waals surface area contributed by atoms with Gasteiger partial charge in [-0.1, -0.05) is 17.7 Å². The summed E-state index contributed by atoms with van der Waals surface area (Å²) in [4.78, 5) is 4.33. The molecule has 0 spiro atoms. The largest absolute Gasteiger partial charge is 0.388 e. The highest BCUT2D eigenvalue weighted by Gasteiger charge is 2.32. The van der Waals surface area contributed by atoms with Crippen LogP contribution in [0.25, 0.3) is 10.9 Å². The molecule has 0 aliphatic heterocycles. The first-order chi connectivity index (χ1) is 7.77. The van der Waals surface area contributed by atoms with Gasteiger partial charge in [0.1, 0.15) is 0 Å². The molecule has 1 aromatic heterocycles. The SMILES string of the molecule is OC(c1ccc(Cl)c2cccnc12)C1CC1. The van der Waals surface area contributed by atoms with Crippen LogP contribution >= 0.6 is 11.6 Å². The molecule has 1 saturated carbocycles. The molecule has 2 aromatic rings. The summed E-state index contributed by atoms with van der Waals surface area (Å²) in [5.41, 5.74) is 1.73. The van der Waals surface area contributed by atoms with E-state index in [-0.39, 0.29) is 0 Å². The Morgan fingerprint density at radius 3 is 2.88 bits per heavy atom. The van der Waals surface area contributed by atoms with E-state index in [9.17, 15) is 5.11 Å². The van der Waals surface area contributed by atoms with Gasteiger partial charge in [0.15, 0.2) is 0 Å². The molecule has 3 heteroatoms. The highest BCUT2D eigenvalue weighted by Crippen LogP contribution is 2.43. The van der Waals surface area contributed by atoms with Gasteiger partial charge in [0.2, 0.25) is 0 Å². The summed E-state index contributed by atoms with van der Waals surface area (Å²) in [7, 11) is 0. The van der Waals surface area contributed by atoms with Gasteiger partial charge >= 0.3 is 0 Å². The maximum atomic E-state index is 10.2. The van der Waals surface area contributed by atoms with E-state index in [1.54, 1.807) is 6.20 Å². The van der Waals surface area contributed by atoms with Gasteiger partial charge in [-0.2, -0.15) is 0 Å². The number of hydrogen-bond donors (Lipinski definition) is 1. The average Bonchev–Trinajstić information content (AvgIpc) is 3.13. The number of aliphatic hydroxyl groups excluding tert-OH is 1. The van der Waals surface area contributed by atoms with E-state index >= 15 is 0 Å². The second-order valence-electron chi connectivity index (χ2n) is 4.32. The molecule has 1 N–H and O–H groups in total. The predicted octanol–water partition coefficient (Wildman–Crippen LogP) is 3.33. The number of pyridine rings is 1. The quantitative estimate of drug-likeness (QED) is 0.863. The van der Waals surface area contributed by atoms with Crippen molar-refractivity contribution in [2.75, 3.05) is 0 Å². The van der Waals surface area contributed by atoms with Crippen LogP contribution in [0.1, 0.15) is 24.5 Å². The van der Waals surface area contributed by atoms with Crippen molar-refractivity contribution in [3.63, 3.8) is 0 Å². The summed E-state index contributed by atoms with van der Waals surface area (Å²) in [5, 5.41) is 11.8. The van der Waals surface area contributed by atoms with Crippen molar-refractivity contribution in [2.45, 2.75) is 18.9 Å². The van der Waals surface area contributed by atoms with Crippen molar-refractivity contribution < 1.29 is 5.11 Å². The third-order valence-electron chi connectivity index (χ3n) is 3.13. The maximum absolute atomic E-state index is 10.2. The van der Waals surface area contributed by atoms with Crippen LogP contribution < -0.4 is 0 Å². The Balaban J connectivity index is 2.20. The van der Waals surface area contributed by atoms with Crippen LogP contribution in [0.5, 0.6) is 0 Å². The molecule has 1 aliphatic carbocycles. The Kier molecular flexibility index (Phi) is 2.34. The summed E-state index contributed by atoms with van der Waals surface area (Å²) in [5.74, 6) is 0.409. The minimum atomic E-state index is -0.394. The molecule has 0 bridgehead atoms. The summed E-state index contributed by atoms with van der Waals surface area (Å²) >= 11 is 6.11. The van der Waals surface area contributed by atoms with Gasteiger partial charge in [-0.05, 0) is 37.0 Å². The van der Waals surface area contributed by atoms with E-state index in [0.29, 0.717) is 10.9 Å². The smallest absolute Gasteiger partial charge is 0.0839 e. The summed E-state index contributed by atoms with van der Waals surface area (Å²) in [6.45, 7) is 0. The second kappa shape index (κ2) is 3.72. The zero-order chi connectivity index (χ0) is 11.1. The number of fused-ring (bicyclic) bond motifs is 1. The molecule has 0 saturated heterocycles. The van der Waals surface area contributed by atoms with Crippen LogP contribution in [0.15, 0.2) is 30.5 Å². The monoisotopic (exact) mass is 233 g/mol. The van der Waals surface area contributed by atoms with Crippen LogP contribution in [-0.2, 0) is 0 Å². The van der Waals surface area contributed by atoms with Gasteiger partial charge in [-0.3, -0.25) is 4.98 Å². The number of aromatic nitrogens is 1. The van der Waals surface area contributed by atoms with Gasteiger partial charge in [0.05, 0.1) is 11.6 Å². The van der Waals surface area contributed by atoms with Gasteiger partial charge in [-0.25, -0.2) is 0 Å². The molecule has 1 heterocycles. The third-order valence-corrected chi connectivity index (χ3v) is 3.46. The molecule has 1 fully saturated rings. The van der Waals surface area contributed by atoms with E-state index in [1.165, 1.54) is 0 Å². The Morgan fingerprint density at radius 2 is 2.12 bits per heavy atom. The Labute approximate surface area is 98.9 Å². The van der Waals surface area contributed by atoms with Crippen molar-refractivity contribution in [1.29, 1.82) is 0 Å². The fraction of sp³-hybridized carbons (Fsp3) is 0.308. The summed E-state index contributed by atoms with van der Waals surface area (Å²) in [6, 6.07) is 7.53. The minimum Gasteiger partial charge on any atom is -0.388 e. The van der Waals surface area contributed by atoms with Gasteiger partial charge in [-0.15, -0.1) is 0 Å². The molecule has 1 aromatic carbocycles. The lowest BCUT2D eigenvalue weighted by Crippen LogP contribution is -2.01. The zero-order valence-electron chi connectivity index (χ0n) is 8.73. The Bertz CT molecular complexity index is 536. The molecular formula is C13H12ClNO. The predicted molar refractivity (Wildman–Crippen MR) is 64.4 cm³/mol. The number of rotatable bonds is 2. The van der Waals surface area contributed by atoms with E-state index in [4.69, 9.17) is 11.6 Å². The summed E-state index contributed by atoms with van der Waals surface area (Å²) in [6.07, 6.45) is 3.56. The Morgan fingerprint density at radius 1 is 1.31 bits per heavy atom. The molecule has 1 unspecified atom stereocenters. The van der Waals surface area contributed by atoms with E-state index < -0.39 is 6.10 Å². The Hall–Kier alpha value is -1.12. The maximum Gasteiger partial charge on any atom is 0.0839 e. The molecule has 16 heavy (non-hydrogen) atoms. The van der Waals surface area contributed by atoms with Crippen LogP contribution in [0.2, 0.25) is 5.02 Å². The highest BCUT2D eigenvalue weighted by molar-refractivity contribution is 6.35. The number of hydrogen-bond acceptors (Lipinski definition) is 2. The van der Waals surface area contributed by atoms with Crippen molar-refractivity contribution in [1.82, 2.24) is 4.98 Å². The normalized spacial score (nSPS) is 17.6. The molecule has 2 nitrogen and oxygen atoms in total. The lowest BCUT2D eigenvalue weighted by molar-refractivity contribution is 0.155. The van der Waals surface area contributed by atoms with E-state index in [1.807, 2.05) is 24.3 Å². The lowest BCUT2D eigenvalue weighted by Gasteiger charge is -2.12. The van der Waals surface area contributed by atoms with Crippen molar-refractivity contribution in [2.24, 2.45) is 5.92 Å².